The van der Waals surface area contributed by atoms with Crippen LogP contribution in [0.25, 0.3) is 10.2 Å². The molecule has 0 atom stereocenters. The standard InChI is InChI=1S/C18H21N3O3S/c1-20(17(22)11-2-3-11)12-4-6-21(7-5-12)18-19-13-8-14-15(24-10-23-14)9-16(13)25-18/h8-9,11-12H,2-7,10H2,1H3. The van der Waals surface area contributed by atoms with Crippen LogP contribution in [0.1, 0.15) is 25.7 Å². The van der Waals surface area contributed by atoms with Crippen molar-refractivity contribution in [2.45, 2.75) is 31.7 Å². The van der Waals surface area contributed by atoms with Crippen molar-refractivity contribution in [3.63, 3.8) is 0 Å². The van der Waals surface area contributed by atoms with Gasteiger partial charge in [0.25, 0.3) is 0 Å². The fourth-order valence-electron chi connectivity index (χ4n) is 3.68. The first-order chi connectivity index (χ1) is 12.2. The third-order valence-electron chi connectivity index (χ3n) is 5.43. The Balaban J connectivity index is 1.29. The summed E-state index contributed by atoms with van der Waals surface area (Å²) >= 11 is 1.70. The molecule has 25 heavy (non-hydrogen) atoms. The van der Waals surface area contributed by atoms with Gasteiger partial charge in [-0.1, -0.05) is 11.3 Å². The highest BCUT2D eigenvalue weighted by Crippen LogP contribution is 2.40. The van der Waals surface area contributed by atoms with E-state index in [1.54, 1.807) is 11.3 Å². The van der Waals surface area contributed by atoms with Crippen LogP contribution in [0.3, 0.4) is 0 Å². The zero-order chi connectivity index (χ0) is 17.0. The molecule has 3 heterocycles. The molecule has 7 heteroatoms. The van der Waals surface area contributed by atoms with Gasteiger partial charge < -0.3 is 19.3 Å². The molecule has 0 bridgehead atoms. The predicted octanol–water partition coefficient (Wildman–Crippen LogP) is 2.86. The first-order valence-electron chi connectivity index (χ1n) is 8.91. The second-order valence-electron chi connectivity index (χ2n) is 7.11. The smallest absolute Gasteiger partial charge is 0.231 e. The van der Waals surface area contributed by atoms with E-state index >= 15 is 0 Å². The van der Waals surface area contributed by atoms with Gasteiger partial charge in [0.05, 0.1) is 10.2 Å². The van der Waals surface area contributed by atoms with Crippen molar-refractivity contribution in [2.24, 2.45) is 5.92 Å². The number of hydrogen-bond donors (Lipinski definition) is 0. The van der Waals surface area contributed by atoms with Crippen molar-refractivity contribution in [3.8, 4) is 11.5 Å². The summed E-state index contributed by atoms with van der Waals surface area (Å²) in [6.45, 7) is 2.18. The van der Waals surface area contributed by atoms with Gasteiger partial charge in [0.2, 0.25) is 12.7 Å². The van der Waals surface area contributed by atoms with E-state index in [9.17, 15) is 4.79 Å². The van der Waals surface area contributed by atoms with Gasteiger partial charge in [0.15, 0.2) is 16.6 Å². The number of aromatic nitrogens is 1. The van der Waals surface area contributed by atoms with E-state index in [1.165, 1.54) is 0 Å². The number of carbonyl (C=O) groups excluding carboxylic acids is 1. The molecule has 1 amide bonds. The Morgan fingerprint density at radius 1 is 1.20 bits per heavy atom. The molecular formula is C18H21N3O3S. The van der Waals surface area contributed by atoms with Crippen molar-refractivity contribution in [1.82, 2.24) is 9.88 Å². The van der Waals surface area contributed by atoms with E-state index in [0.29, 0.717) is 24.7 Å². The number of fused-ring (bicyclic) bond motifs is 2. The monoisotopic (exact) mass is 359 g/mol. The van der Waals surface area contributed by atoms with Crippen molar-refractivity contribution < 1.29 is 14.3 Å². The Hall–Kier alpha value is -2.02. The minimum atomic E-state index is 0.292. The number of hydrogen-bond acceptors (Lipinski definition) is 6. The van der Waals surface area contributed by atoms with Crippen LogP contribution in [0.5, 0.6) is 11.5 Å². The summed E-state index contributed by atoms with van der Waals surface area (Å²) in [6, 6.07) is 4.35. The van der Waals surface area contributed by atoms with Gasteiger partial charge in [-0.05, 0) is 25.7 Å². The molecule has 2 aromatic rings. The number of amides is 1. The summed E-state index contributed by atoms with van der Waals surface area (Å²) in [6.07, 6.45) is 4.16. The molecule has 1 aromatic heterocycles. The highest BCUT2D eigenvalue weighted by molar-refractivity contribution is 7.22. The summed E-state index contributed by atoms with van der Waals surface area (Å²) in [4.78, 5) is 21.4. The van der Waals surface area contributed by atoms with Crippen LogP contribution in [0, 0.1) is 5.92 Å². The second kappa shape index (κ2) is 5.76. The third kappa shape index (κ3) is 2.70. The zero-order valence-corrected chi connectivity index (χ0v) is 15.1. The number of piperidine rings is 1. The first-order valence-corrected chi connectivity index (χ1v) is 9.72. The number of thiazole rings is 1. The molecule has 0 spiro atoms. The van der Waals surface area contributed by atoms with Gasteiger partial charge >= 0.3 is 0 Å². The SMILES string of the molecule is CN(C(=O)C1CC1)C1CCN(c2nc3cc4c(cc3s2)OCO4)CC1. The van der Waals surface area contributed by atoms with Gasteiger partial charge in [0.1, 0.15) is 0 Å². The molecule has 6 nitrogen and oxygen atoms in total. The Bertz CT molecular complexity index is 783. The van der Waals surface area contributed by atoms with E-state index < -0.39 is 0 Å². The van der Waals surface area contributed by atoms with E-state index in [-0.39, 0.29) is 0 Å². The largest absolute Gasteiger partial charge is 0.454 e. The van der Waals surface area contributed by atoms with Gasteiger partial charge in [-0.3, -0.25) is 4.79 Å². The van der Waals surface area contributed by atoms with Crippen LogP contribution in [-0.2, 0) is 4.79 Å². The topological polar surface area (TPSA) is 54.9 Å². The molecule has 1 aliphatic carbocycles. The number of anilines is 1. The third-order valence-corrected chi connectivity index (χ3v) is 6.51. The molecule has 1 aromatic carbocycles. The van der Waals surface area contributed by atoms with E-state index in [0.717, 1.165) is 65.6 Å². The number of ether oxygens (including phenoxy) is 2. The van der Waals surface area contributed by atoms with Gasteiger partial charge in [-0.15, -0.1) is 0 Å². The lowest BCUT2D eigenvalue weighted by atomic mass is 10.0. The maximum Gasteiger partial charge on any atom is 0.231 e. The molecule has 3 aliphatic rings. The molecule has 0 N–H and O–H groups in total. The van der Waals surface area contributed by atoms with Gasteiger partial charge in [-0.2, -0.15) is 0 Å². The average molecular weight is 359 g/mol. The van der Waals surface area contributed by atoms with Gasteiger partial charge in [0, 0.05) is 44.2 Å². The lowest BCUT2D eigenvalue weighted by Gasteiger charge is -2.36. The molecule has 1 saturated carbocycles. The molecule has 1 saturated heterocycles. The van der Waals surface area contributed by atoms with Crippen molar-refractivity contribution in [2.75, 3.05) is 31.8 Å². The van der Waals surface area contributed by atoms with Crippen LogP contribution >= 0.6 is 11.3 Å². The summed E-state index contributed by atoms with van der Waals surface area (Å²) in [7, 11) is 1.97. The second-order valence-corrected chi connectivity index (χ2v) is 8.12. The molecule has 0 unspecified atom stereocenters. The first kappa shape index (κ1) is 15.3. The lowest BCUT2D eigenvalue weighted by molar-refractivity contribution is -0.133. The molecular weight excluding hydrogens is 338 g/mol. The number of rotatable bonds is 3. The maximum absolute atomic E-state index is 12.2. The minimum absolute atomic E-state index is 0.292. The average Bonchev–Trinajstić information content (AvgIpc) is 3.25. The number of benzene rings is 1. The van der Waals surface area contributed by atoms with E-state index in [2.05, 4.69) is 4.90 Å². The summed E-state index contributed by atoms with van der Waals surface area (Å²) < 4.78 is 12.0. The molecule has 132 valence electrons. The van der Waals surface area contributed by atoms with Crippen LogP contribution in [0.4, 0.5) is 5.13 Å². The normalized spacial score (nSPS) is 20.3. The maximum atomic E-state index is 12.2. The Morgan fingerprint density at radius 2 is 1.92 bits per heavy atom. The summed E-state index contributed by atoms with van der Waals surface area (Å²) in [5.41, 5.74) is 0.965. The molecule has 5 rings (SSSR count). The fraction of sp³-hybridized carbons (Fsp3) is 0.556. The fourth-order valence-corrected chi connectivity index (χ4v) is 4.71. The van der Waals surface area contributed by atoms with Gasteiger partial charge in [-0.25, -0.2) is 4.98 Å². The van der Waals surface area contributed by atoms with Crippen LogP contribution in [-0.4, -0.2) is 48.8 Å². The number of carbonyl (C=O) groups is 1. The van der Waals surface area contributed by atoms with Crippen molar-refractivity contribution in [3.05, 3.63) is 12.1 Å². The van der Waals surface area contributed by atoms with E-state index in [1.807, 2.05) is 24.1 Å². The summed E-state index contributed by atoms with van der Waals surface area (Å²) in [5.74, 6) is 2.23. The van der Waals surface area contributed by atoms with Crippen LogP contribution in [0.2, 0.25) is 0 Å². The summed E-state index contributed by atoms with van der Waals surface area (Å²) in [5, 5.41) is 1.05. The van der Waals surface area contributed by atoms with Crippen molar-refractivity contribution in [1.29, 1.82) is 0 Å². The molecule has 2 aliphatic heterocycles. The quantitative estimate of drug-likeness (QED) is 0.843. The minimum Gasteiger partial charge on any atom is -0.454 e. The molecule has 2 fully saturated rings. The Labute approximate surface area is 150 Å². The molecule has 0 radical (unpaired) electrons. The Kier molecular flexibility index (Phi) is 3.51. The lowest BCUT2D eigenvalue weighted by Crippen LogP contribution is -2.46. The highest BCUT2D eigenvalue weighted by Gasteiger charge is 2.35. The van der Waals surface area contributed by atoms with Crippen LogP contribution in [0.15, 0.2) is 12.1 Å². The zero-order valence-electron chi connectivity index (χ0n) is 14.2. The Morgan fingerprint density at radius 3 is 2.64 bits per heavy atom. The highest BCUT2D eigenvalue weighted by atomic mass is 32.1. The van der Waals surface area contributed by atoms with E-state index in [4.69, 9.17) is 14.5 Å². The van der Waals surface area contributed by atoms with Crippen LogP contribution < -0.4 is 14.4 Å². The predicted molar refractivity (Wildman–Crippen MR) is 96.5 cm³/mol. The van der Waals surface area contributed by atoms with Crippen molar-refractivity contribution >= 4 is 32.6 Å². The number of nitrogens with zero attached hydrogens (tertiary/aromatic N) is 3.